The monoisotopic (exact) mass is 355 g/mol. The van der Waals surface area contributed by atoms with E-state index in [0.29, 0.717) is 10.2 Å². The molecule has 0 saturated heterocycles. The van der Waals surface area contributed by atoms with E-state index in [9.17, 15) is 4.79 Å². The molecule has 0 aliphatic carbocycles. The Hall–Kier alpha value is -2.37. The minimum atomic E-state index is -0.0910. The molecule has 1 heterocycles. The number of hydrogen-bond acceptors (Lipinski definition) is 4. The molecule has 0 saturated carbocycles. The van der Waals surface area contributed by atoms with Crippen molar-refractivity contribution < 1.29 is 4.79 Å². The molecular weight excluding hydrogens is 342 g/mol. The average Bonchev–Trinajstić information content (AvgIpc) is 2.62. The van der Waals surface area contributed by atoms with Crippen LogP contribution in [-0.2, 0) is 4.79 Å². The molecule has 2 aromatic carbocycles. The van der Waals surface area contributed by atoms with Crippen LogP contribution < -0.4 is 5.32 Å². The zero-order valence-electron chi connectivity index (χ0n) is 12.6. The largest absolute Gasteiger partial charge is 0.325 e. The van der Waals surface area contributed by atoms with Crippen molar-refractivity contribution in [2.45, 2.75) is 5.16 Å². The van der Waals surface area contributed by atoms with Crippen molar-refractivity contribution in [2.24, 2.45) is 0 Å². The molecule has 0 bridgehead atoms. The van der Waals surface area contributed by atoms with Crippen LogP contribution in [0.4, 0.5) is 5.69 Å². The van der Waals surface area contributed by atoms with E-state index in [-0.39, 0.29) is 11.7 Å². The molecule has 3 aromatic rings. The molecule has 1 aromatic heterocycles. The zero-order chi connectivity index (χ0) is 16.8. The van der Waals surface area contributed by atoms with Crippen LogP contribution in [0.5, 0.6) is 0 Å². The number of carbonyl (C=O) groups excluding carboxylic acids is 1. The summed E-state index contributed by atoms with van der Waals surface area (Å²) < 4.78 is 0. The van der Waals surface area contributed by atoms with E-state index < -0.39 is 0 Å². The zero-order valence-corrected chi connectivity index (χ0v) is 14.2. The molecule has 0 aliphatic rings. The van der Waals surface area contributed by atoms with Crippen LogP contribution in [0.1, 0.15) is 0 Å². The highest BCUT2D eigenvalue weighted by atomic mass is 35.5. The van der Waals surface area contributed by atoms with Crippen LogP contribution >= 0.6 is 23.4 Å². The lowest BCUT2D eigenvalue weighted by Crippen LogP contribution is -2.14. The van der Waals surface area contributed by atoms with Crippen molar-refractivity contribution in [3.05, 3.63) is 71.9 Å². The topological polar surface area (TPSA) is 54.9 Å². The fourth-order valence-corrected chi connectivity index (χ4v) is 2.80. The predicted octanol–water partition coefficient (Wildman–Crippen LogP) is 4.53. The number of nitrogens with zero attached hydrogens (tertiary/aromatic N) is 2. The molecule has 0 unspecified atom stereocenters. The molecule has 3 rings (SSSR count). The first kappa shape index (κ1) is 16.5. The van der Waals surface area contributed by atoms with E-state index in [1.807, 2.05) is 60.7 Å². The first-order valence-corrected chi connectivity index (χ1v) is 8.64. The maximum atomic E-state index is 12.0. The van der Waals surface area contributed by atoms with Crippen LogP contribution in [0.3, 0.4) is 0 Å². The standard InChI is InChI=1S/C18H14ClN3OS/c19-14-8-6-13(7-9-14)16-10-11-20-18(22-16)24-12-17(23)21-15-4-2-1-3-5-15/h1-11H,12H2,(H,21,23). The molecule has 0 atom stereocenters. The molecule has 0 spiro atoms. The van der Waals surface area contributed by atoms with E-state index in [4.69, 9.17) is 11.6 Å². The van der Waals surface area contributed by atoms with E-state index in [1.165, 1.54) is 11.8 Å². The Morgan fingerprint density at radius 3 is 2.54 bits per heavy atom. The molecule has 0 fully saturated rings. The first-order valence-electron chi connectivity index (χ1n) is 7.27. The van der Waals surface area contributed by atoms with Gasteiger partial charge in [-0.25, -0.2) is 9.97 Å². The number of halogens is 1. The van der Waals surface area contributed by atoms with Crippen molar-refractivity contribution in [1.29, 1.82) is 0 Å². The van der Waals surface area contributed by atoms with Crippen LogP contribution in [-0.4, -0.2) is 21.6 Å². The Labute approximate surface area is 149 Å². The maximum absolute atomic E-state index is 12.0. The Balaban J connectivity index is 1.62. The van der Waals surface area contributed by atoms with E-state index in [2.05, 4.69) is 15.3 Å². The van der Waals surface area contributed by atoms with Crippen molar-refractivity contribution in [3.63, 3.8) is 0 Å². The van der Waals surface area contributed by atoms with Gasteiger partial charge in [0.25, 0.3) is 0 Å². The highest BCUT2D eigenvalue weighted by Crippen LogP contribution is 2.22. The molecule has 1 N–H and O–H groups in total. The summed E-state index contributed by atoms with van der Waals surface area (Å²) in [5, 5.41) is 4.08. The third kappa shape index (κ3) is 4.57. The molecule has 0 aliphatic heterocycles. The minimum absolute atomic E-state index is 0.0910. The van der Waals surface area contributed by atoms with Gasteiger partial charge in [0, 0.05) is 22.5 Å². The van der Waals surface area contributed by atoms with E-state index in [1.54, 1.807) is 6.20 Å². The van der Waals surface area contributed by atoms with Gasteiger partial charge in [0.2, 0.25) is 5.91 Å². The molecular formula is C18H14ClN3OS. The number of carbonyl (C=O) groups is 1. The summed E-state index contributed by atoms with van der Waals surface area (Å²) in [4.78, 5) is 20.7. The van der Waals surface area contributed by atoms with Gasteiger partial charge in [-0.3, -0.25) is 4.79 Å². The summed E-state index contributed by atoms with van der Waals surface area (Å²) in [6, 6.07) is 18.6. The summed E-state index contributed by atoms with van der Waals surface area (Å²) in [6.45, 7) is 0. The molecule has 120 valence electrons. The number of thioether (sulfide) groups is 1. The maximum Gasteiger partial charge on any atom is 0.234 e. The SMILES string of the molecule is O=C(CSc1nccc(-c2ccc(Cl)cc2)n1)Nc1ccccc1. The molecule has 1 amide bonds. The Morgan fingerprint density at radius 1 is 1.04 bits per heavy atom. The van der Waals surface area contributed by atoms with Crippen LogP contribution in [0.15, 0.2) is 72.0 Å². The van der Waals surface area contributed by atoms with Crippen molar-refractivity contribution in [3.8, 4) is 11.3 Å². The first-order chi connectivity index (χ1) is 11.7. The Bertz CT molecular complexity index is 825. The van der Waals surface area contributed by atoms with Crippen LogP contribution in [0, 0.1) is 0 Å². The predicted molar refractivity (Wildman–Crippen MR) is 98.3 cm³/mol. The lowest BCUT2D eigenvalue weighted by Gasteiger charge is -2.05. The lowest BCUT2D eigenvalue weighted by atomic mass is 10.1. The number of rotatable bonds is 5. The second kappa shape index (κ2) is 7.95. The van der Waals surface area contributed by atoms with Gasteiger partial charge in [-0.1, -0.05) is 53.7 Å². The van der Waals surface area contributed by atoms with Gasteiger partial charge in [0.1, 0.15) is 0 Å². The van der Waals surface area contributed by atoms with Crippen molar-refractivity contribution in [1.82, 2.24) is 9.97 Å². The van der Waals surface area contributed by atoms with Crippen LogP contribution in [0.2, 0.25) is 5.02 Å². The summed E-state index contributed by atoms with van der Waals surface area (Å²) in [5.74, 6) is 0.158. The molecule has 6 heteroatoms. The summed E-state index contributed by atoms with van der Waals surface area (Å²) in [5.41, 5.74) is 2.53. The van der Waals surface area contributed by atoms with Gasteiger partial charge in [-0.15, -0.1) is 0 Å². The normalized spacial score (nSPS) is 10.4. The Morgan fingerprint density at radius 2 is 1.79 bits per heavy atom. The third-order valence-electron chi connectivity index (χ3n) is 3.16. The van der Waals surface area contributed by atoms with Gasteiger partial charge < -0.3 is 5.32 Å². The second-order valence-corrected chi connectivity index (χ2v) is 6.31. The summed E-state index contributed by atoms with van der Waals surface area (Å²) >= 11 is 7.20. The van der Waals surface area contributed by atoms with Gasteiger partial charge in [-0.2, -0.15) is 0 Å². The highest BCUT2D eigenvalue weighted by molar-refractivity contribution is 7.99. The van der Waals surface area contributed by atoms with E-state index in [0.717, 1.165) is 16.9 Å². The van der Waals surface area contributed by atoms with Crippen LogP contribution in [0.25, 0.3) is 11.3 Å². The smallest absolute Gasteiger partial charge is 0.234 e. The number of hydrogen-bond donors (Lipinski definition) is 1. The summed E-state index contributed by atoms with van der Waals surface area (Å²) in [6.07, 6.45) is 1.69. The number of aromatic nitrogens is 2. The Kier molecular flexibility index (Phi) is 5.46. The highest BCUT2D eigenvalue weighted by Gasteiger charge is 2.07. The number of amides is 1. The molecule has 4 nitrogen and oxygen atoms in total. The third-order valence-corrected chi connectivity index (χ3v) is 4.28. The number of nitrogens with one attached hydrogen (secondary N) is 1. The van der Waals surface area contributed by atoms with Gasteiger partial charge in [0.15, 0.2) is 5.16 Å². The number of para-hydroxylation sites is 1. The van der Waals surface area contributed by atoms with Gasteiger partial charge in [0.05, 0.1) is 11.4 Å². The quantitative estimate of drug-likeness (QED) is 0.539. The lowest BCUT2D eigenvalue weighted by molar-refractivity contribution is -0.113. The fraction of sp³-hybridized carbons (Fsp3) is 0.0556. The second-order valence-electron chi connectivity index (χ2n) is 4.93. The molecule has 24 heavy (non-hydrogen) atoms. The van der Waals surface area contributed by atoms with Gasteiger partial charge in [-0.05, 0) is 30.3 Å². The average molecular weight is 356 g/mol. The van der Waals surface area contributed by atoms with E-state index >= 15 is 0 Å². The fourth-order valence-electron chi connectivity index (χ4n) is 2.04. The van der Waals surface area contributed by atoms with Crippen molar-refractivity contribution >= 4 is 35.0 Å². The molecule has 0 radical (unpaired) electrons. The number of anilines is 1. The number of benzene rings is 2. The summed E-state index contributed by atoms with van der Waals surface area (Å²) in [7, 11) is 0. The minimum Gasteiger partial charge on any atom is -0.325 e. The van der Waals surface area contributed by atoms with Gasteiger partial charge >= 0.3 is 0 Å². The van der Waals surface area contributed by atoms with Crippen molar-refractivity contribution in [2.75, 3.05) is 11.1 Å².